The summed E-state index contributed by atoms with van der Waals surface area (Å²) in [4.78, 5) is 26.6. The summed E-state index contributed by atoms with van der Waals surface area (Å²) < 4.78 is 13.3. The predicted molar refractivity (Wildman–Crippen MR) is 64.4 cm³/mol. The number of rotatable bonds is 1. The number of hydrogen-bond donors (Lipinski definition) is 1. The number of piperazine rings is 1. The standard InChI is InChI=1S/C12H14FN3O2/c1-15-5-6-16(7-10(15)17)12(18)8-3-2-4-9(13)11(8)14/h2-4H,5-7,14H2,1H3. The summed E-state index contributed by atoms with van der Waals surface area (Å²) in [5.41, 5.74) is 5.47. The van der Waals surface area contributed by atoms with Crippen molar-refractivity contribution in [2.75, 3.05) is 32.4 Å². The molecule has 96 valence electrons. The van der Waals surface area contributed by atoms with Gasteiger partial charge in [0.2, 0.25) is 5.91 Å². The average Bonchev–Trinajstić information content (AvgIpc) is 2.35. The number of carbonyl (C=O) groups excluding carboxylic acids is 2. The van der Waals surface area contributed by atoms with Gasteiger partial charge in [0.05, 0.1) is 11.3 Å². The number of benzene rings is 1. The van der Waals surface area contributed by atoms with E-state index in [1.165, 1.54) is 23.1 Å². The van der Waals surface area contributed by atoms with E-state index in [2.05, 4.69) is 0 Å². The smallest absolute Gasteiger partial charge is 0.256 e. The highest BCUT2D eigenvalue weighted by molar-refractivity contribution is 6.01. The third-order valence-corrected chi connectivity index (χ3v) is 3.03. The minimum Gasteiger partial charge on any atom is -0.396 e. The first kappa shape index (κ1) is 12.3. The van der Waals surface area contributed by atoms with E-state index in [1.54, 1.807) is 11.9 Å². The summed E-state index contributed by atoms with van der Waals surface area (Å²) in [7, 11) is 1.68. The van der Waals surface area contributed by atoms with Crippen molar-refractivity contribution in [3.05, 3.63) is 29.6 Å². The van der Waals surface area contributed by atoms with Crippen molar-refractivity contribution in [3.63, 3.8) is 0 Å². The Morgan fingerprint density at radius 2 is 2.11 bits per heavy atom. The summed E-state index contributed by atoms with van der Waals surface area (Å²) >= 11 is 0. The molecule has 0 saturated carbocycles. The third-order valence-electron chi connectivity index (χ3n) is 3.03. The predicted octanol–water partition coefficient (Wildman–Crippen LogP) is 0.322. The Morgan fingerprint density at radius 3 is 2.78 bits per heavy atom. The van der Waals surface area contributed by atoms with Crippen molar-refractivity contribution in [1.29, 1.82) is 0 Å². The van der Waals surface area contributed by atoms with Gasteiger partial charge in [-0.15, -0.1) is 0 Å². The summed E-state index contributed by atoms with van der Waals surface area (Å²) in [6.07, 6.45) is 0. The number of nitrogen functional groups attached to an aromatic ring is 1. The number of likely N-dealkylation sites (N-methyl/N-ethyl adjacent to an activating group) is 1. The number of para-hydroxylation sites is 1. The number of anilines is 1. The maximum absolute atomic E-state index is 13.3. The Labute approximate surface area is 104 Å². The lowest BCUT2D eigenvalue weighted by molar-refractivity contribution is -0.133. The molecule has 1 aromatic rings. The summed E-state index contributed by atoms with van der Waals surface area (Å²) in [6.45, 7) is 0.905. The second-order valence-electron chi connectivity index (χ2n) is 4.24. The molecule has 6 heteroatoms. The fourth-order valence-electron chi connectivity index (χ4n) is 1.83. The minimum absolute atomic E-state index is 0.00524. The molecule has 0 bridgehead atoms. The lowest BCUT2D eigenvalue weighted by Crippen LogP contribution is -2.50. The van der Waals surface area contributed by atoms with E-state index < -0.39 is 11.7 Å². The first-order valence-electron chi connectivity index (χ1n) is 5.58. The van der Waals surface area contributed by atoms with Crippen LogP contribution in [-0.2, 0) is 4.79 Å². The number of carbonyl (C=O) groups is 2. The molecule has 0 aliphatic carbocycles. The van der Waals surface area contributed by atoms with E-state index in [0.29, 0.717) is 13.1 Å². The average molecular weight is 251 g/mol. The van der Waals surface area contributed by atoms with Crippen LogP contribution in [0.4, 0.5) is 10.1 Å². The topological polar surface area (TPSA) is 66.6 Å². The SMILES string of the molecule is CN1CCN(C(=O)c2cccc(F)c2N)CC1=O. The van der Waals surface area contributed by atoms with Gasteiger partial charge < -0.3 is 15.5 Å². The second-order valence-corrected chi connectivity index (χ2v) is 4.24. The largest absolute Gasteiger partial charge is 0.396 e. The Hall–Kier alpha value is -2.11. The van der Waals surface area contributed by atoms with Crippen LogP contribution in [0.2, 0.25) is 0 Å². The fourth-order valence-corrected chi connectivity index (χ4v) is 1.83. The molecule has 1 aromatic carbocycles. The lowest BCUT2D eigenvalue weighted by Gasteiger charge is -2.32. The van der Waals surface area contributed by atoms with E-state index in [4.69, 9.17) is 5.73 Å². The number of nitrogens with zero attached hydrogens (tertiary/aromatic N) is 2. The van der Waals surface area contributed by atoms with Gasteiger partial charge in [-0.2, -0.15) is 0 Å². The molecule has 2 rings (SSSR count). The summed E-state index contributed by atoms with van der Waals surface area (Å²) in [6, 6.07) is 4.08. The van der Waals surface area contributed by atoms with Crippen molar-refractivity contribution < 1.29 is 14.0 Å². The zero-order chi connectivity index (χ0) is 13.3. The molecule has 0 unspecified atom stereocenters. The van der Waals surface area contributed by atoms with Crippen LogP contribution in [0.3, 0.4) is 0 Å². The number of amides is 2. The molecule has 18 heavy (non-hydrogen) atoms. The van der Waals surface area contributed by atoms with Gasteiger partial charge in [0.25, 0.3) is 5.91 Å². The summed E-state index contributed by atoms with van der Waals surface area (Å²) in [5.74, 6) is -1.17. The van der Waals surface area contributed by atoms with E-state index in [1.807, 2.05) is 0 Å². The van der Waals surface area contributed by atoms with Gasteiger partial charge in [-0.3, -0.25) is 9.59 Å². The van der Waals surface area contributed by atoms with Gasteiger partial charge in [0.1, 0.15) is 12.4 Å². The zero-order valence-electron chi connectivity index (χ0n) is 10.0. The van der Waals surface area contributed by atoms with Crippen molar-refractivity contribution in [1.82, 2.24) is 9.80 Å². The van der Waals surface area contributed by atoms with Crippen molar-refractivity contribution in [2.45, 2.75) is 0 Å². The highest BCUT2D eigenvalue weighted by Gasteiger charge is 2.27. The van der Waals surface area contributed by atoms with E-state index >= 15 is 0 Å². The van der Waals surface area contributed by atoms with Gasteiger partial charge >= 0.3 is 0 Å². The third kappa shape index (κ3) is 2.13. The monoisotopic (exact) mass is 251 g/mol. The molecule has 0 aromatic heterocycles. The van der Waals surface area contributed by atoms with Crippen LogP contribution in [0.5, 0.6) is 0 Å². The molecule has 0 spiro atoms. The van der Waals surface area contributed by atoms with Gasteiger partial charge in [-0.1, -0.05) is 6.07 Å². The quantitative estimate of drug-likeness (QED) is 0.731. The van der Waals surface area contributed by atoms with Crippen LogP contribution in [0.15, 0.2) is 18.2 Å². The first-order chi connectivity index (χ1) is 8.50. The molecule has 1 saturated heterocycles. The maximum atomic E-state index is 13.3. The molecule has 1 aliphatic heterocycles. The maximum Gasteiger partial charge on any atom is 0.256 e. The van der Waals surface area contributed by atoms with Crippen LogP contribution in [-0.4, -0.2) is 48.3 Å². The normalized spacial score (nSPS) is 16.0. The molecular formula is C12H14FN3O2. The Kier molecular flexibility index (Phi) is 3.18. The van der Waals surface area contributed by atoms with Gasteiger partial charge in [0, 0.05) is 20.1 Å². The molecular weight excluding hydrogens is 237 g/mol. The lowest BCUT2D eigenvalue weighted by atomic mass is 10.1. The van der Waals surface area contributed by atoms with Gasteiger partial charge in [-0.05, 0) is 12.1 Å². The molecule has 5 nitrogen and oxygen atoms in total. The Morgan fingerprint density at radius 1 is 1.39 bits per heavy atom. The van der Waals surface area contributed by atoms with Gasteiger partial charge in [-0.25, -0.2) is 4.39 Å². The van der Waals surface area contributed by atoms with Crippen LogP contribution in [0, 0.1) is 5.82 Å². The highest BCUT2D eigenvalue weighted by Crippen LogP contribution is 2.18. The molecule has 2 N–H and O–H groups in total. The fraction of sp³-hybridized carbons (Fsp3) is 0.333. The zero-order valence-corrected chi connectivity index (χ0v) is 10.0. The minimum atomic E-state index is -0.624. The molecule has 0 atom stereocenters. The summed E-state index contributed by atoms with van der Waals surface area (Å²) in [5, 5.41) is 0. The molecule has 1 heterocycles. The van der Waals surface area contributed by atoms with Crippen molar-refractivity contribution in [2.24, 2.45) is 0 Å². The second kappa shape index (κ2) is 4.64. The van der Waals surface area contributed by atoms with Crippen molar-refractivity contribution >= 4 is 17.5 Å². The highest BCUT2D eigenvalue weighted by atomic mass is 19.1. The molecule has 1 aliphatic rings. The van der Waals surface area contributed by atoms with Crippen LogP contribution < -0.4 is 5.73 Å². The number of nitrogens with two attached hydrogens (primary N) is 1. The Bertz CT molecular complexity index is 504. The van der Waals surface area contributed by atoms with Crippen LogP contribution in [0.25, 0.3) is 0 Å². The van der Waals surface area contributed by atoms with Gasteiger partial charge in [0.15, 0.2) is 0 Å². The molecule has 1 fully saturated rings. The number of halogens is 1. The van der Waals surface area contributed by atoms with E-state index in [-0.39, 0.29) is 23.7 Å². The first-order valence-corrected chi connectivity index (χ1v) is 5.58. The molecule has 2 amide bonds. The van der Waals surface area contributed by atoms with E-state index in [0.717, 1.165) is 0 Å². The van der Waals surface area contributed by atoms with Crippen LogP contribution in [0.1, 0.15) is 10.4 Å². The van der Waals surface area contributed by atoms with E-state index in [9.17, 15) is 14.0 Å². The molecule has 0 radical (unpaired) electrons. The van der Waals surface area contributed by atoms with Crippen molar-refractivity contribution in [3.8, 4) is 0 Å². The number of hydrogen-bond acceptors (Lipinski definition) is 3. The Balaban J connectivity index is 2.22. The van der Waals surface area contributed by atoms with Crippen LogP contribution >= 0.6 is 0 Å².